The minimum Gasteiger partial charge on any atom is -0.497 e. The van der Waals surface area contributed by atoms with E-state index in [-0.39, 0.29) is 18.1 Å². The van der Waals surface area contributed by atoms with Crippen LogP contribution in [0.4, 0.5) is 4.39 Å². The third kappa shape index (κ3) is 5.98. The summed E-state index contributed by atoms with van der Waals surface area (Å²) in [4.78, 5) is 11.7. The number of nitrogens with one attached hydrogen (secondary N) is 1. The average molecular weight is 317 g/mol. The molecule has 0 aliphatic heterocycles. The highest BCUT2D eigenvalue weighted by Crippen LogP contribution is 2.16. The van der Waals surface area contributed by atoms with Crippen LogP contribution in [0.1, 0.15) is 12.0 Å². The lowest BCUT2D eigenvalue weighted by Crippen LogP contribution is -2.27. The first-order valence-corrected chi connectivity index (χ1v) is 7.45. The molecule has 0 spiro atoms. The van der Waals surface area contributed by atoms with Crippen LogP contribution in [0.5, 0.6) is 11.5 Å². The highest BCUT2D eigenvalue weighted by molar-refractivity contribution is 5.75. The lowest BCUT2D eigenvalue weighted by Gasteiger charge is -2.08. The molecule has 0 fully saturated rings. The summed E-state index contributed by atoms with van der Waals surface area (Å²) in [7, 11) is 1.60. The molecule has 0 aliphatic carbocycles. The molecule has 122 valence electrons. The monoisotopic (exact) mass is 317 g/mol. The van der Waals surface area contributed by atoms with Gasteiger partial charge in [0.1, 0.15) is 17.3 Å². The second-order valence-corrected chi connectivity index (χ2v) is 5.00. The Labute approximate surface area is 135 Å². The van der Waals surface area contributed by atoms with Crippen LogP contribution >= 0.6 is 0 Å². The summed E-state index contributed by atoms with van der Waals surface area (Å²) in [6.45, 7) is 0.835. The Morgan fingerprint density at radius 3 is 2.35 bits per heavy atom. The van der Waals surface area contributed by atoms with Crippen molar-refractivity contribution in [3.63, 3.8) is 0 Å². The fourth-order valence-electron chi connectivity index (χ4n) is 2.02. The third-order valence-corrected chi connectivity index (χ3v) is 3.31. The lowest BCUT2D eigenvalue weighted by molar-refractivity contribution is -0.121. The average Bonchev–Trinajstić information content (AvgIpc) is 2.57. The first-order chi connectivity index (χ1) is 11.2. The molecule has 0 unspecified atom stereocenters. The zero-order chi connectivity index (χ0) is 16.5. The van der Waals surface area contributed by atoms with Crippen molar-refractivity contribution in [2.45, 2.75) is 12.8 Å². The number of carbonyl (C=O) groups is 1. The van der Waals surface area contributed by atoms with Gasteiger partial charge in [-0.05, 0) is 48.4 Å². The van der Waals surface area contributed by atoms with Crippen LogP contribution in [0, 0.1) is 5.82 Å². The molecule has 0 aromatic heterocycles. The highest BCUT2D eigenvalue weighted by atomic mass is 19.1. The summed E-state index contributed by atoms with van der Waals surface area (Å²) >= 11 is 0. The highest BCUT2D eigenvalue weighted by Gasteiger charge is 2.02. The van der Waals surface area contributed by atoms with Crippen LogP contribution in [-0.4, -0.2) is 26.2 Å². The second kappa shape index (κ2) is 8.78. The largest absolute Gasteiger partial charge is 0.497 e. The van der Waals surface area contributed by atoms with E-state index in [1.54, 1.807) is 43.5 Å². The van der Waals surface area contributed by atoms with E-state index in [0.29, 0.717) is 25.3 Å². The Hall–Kier alpha value is -2.56. The number of rotatable bonds is 8. The molecule has 0 saturated heterocycles. The normalized spacial score (nSPS) is 10.2. The molecule has 4 nitrogen and oxygen atoms in total. The van der Waals surface area contributed by atoms with Crippen LogP contribution in [0.15, 0.2) is 48.5 Å². The molecular formula is C18H20FNO3. The molecule has 2 rings (SSSR count). The predicted molar refractivity (Wildman–Crippen MR) is 86.2 cm³/mol. The van der Waals surface area contributed by atoms with Gasteiger partial charge in [-0.25, -0.2) is 4.39 Å². The first kappa shape index (κ1) is 16.8. The van der Waals surface area contributed by atoms with Gasteiger partial charge in [-0.3, -0.25) is 4.79 Å². The van der Waals surface area contributed by atoms with Gasteiger partial charge in [0.15, 0.2) is 0 Å². The number of halogens is 1. The van der Waals surface area contributed by atoms with E-state index in [1.165, 1.54) is 12.1 Å². The van der Waals surface area contributed by atoms with Gasteiger partial charge in [-0.15, -0.1) is 0 Å². The molecule has 2 aromatic carbocycles. The fraction of sp³-hybridized carbons (Fsp3) is 0.278. The van der Waals surface area contributed by atoms with Crippen molar-refractivity contribution in [3.8, 4) is 11.5 Å². The number of benzene rings is 2. The molecule has 0 radical (unpaired) electrons. The van der Waals surface area contributed by atoms with E-state index in [1.807, 2.05) is 0 Å². The topological polar surface area (TPSA) is 47.6 Å². The van der Waals surface area contributed by atoms with Crippen molar-refractivity contribution in [3.05, 3.63) is 59.9 Å². The van der Waals surface area contributed by atoms with Crippen molar-refractivity contribution in [2.24, 2.45) is 0 Å². The maximum atomic E-state index is 12.8. The van der Waals surface area contributed by atoms with Crippen LogP contribution < -0.4 is 14.8 Å². The lowest BCUT2D eigenvalue weighted by atomic mass is 10.1. The summed E-state index contributed by atoms with van der Waals surface area (Å²) < 4.78 is 23.3. The summed E-state index contributed by atoms with van der Waals surface area (Å²) in [6.07, 6.45) is 0.959. The van der Waals surface area contributed by atoms with Gasteiger partial charge < -0.3 is 14.8 Å². The van der Waals surface area contributed by atoms with Crippen molar-refractivity contribution < 1.29 is 18.7 Å². The first-order valence-electron chi connectivity index (χ1n) is 7.45. The molecule has 0 heterocycles. The van der Waals surface area contributed by atoms with Gasteiger partial charge in [0, 0.05) is 6.54 Å². The molecule has 0 saturated carbocycles. The molecule has 1 amide bonds. The van der Waals surface area contributed by atoms with E-state index < -0.39 is 0 Å². The molecule has 2 aromatic rings. The minimum absolute atomic E-state index is 0.0689. The third-order valence-electron chi connectivity index (χ3n) is 3.31. The summed E-state index contributed by atoms with van der Waals surface area (Å²) in [5.41, 5.74) is 0.987. The van der Waals surface area contributed by atoms with Crippen LogP contribution in [0.25, 0.3) is 0 Å². The van der Waals surface area contributed by atoms with E-state index >= 15 is 0 Å². The molecule has 0 aliphatic rings. The number of methoxy groups -OCH3 is 1. The Morgan fingerprint density at radius 2 is 1.70 bits per heavy atom. The second-order valence-electron chi connectivity index (χ2n) is 5.00. The molecule has 5 heteroatoms. The van der Waals surface area contributed by atoms with Crippen molar-refractivity contribution in [1.29, 1.82) is 0 Å². The van der Waals surface area contributed by atoms with Gasteiger partial charge in [0.2, 0.25) is 5.91 Å². The Bertz CT molecular complexity index is 611. The summed E-state index contributed by atoms with van der Waals surface area (Å²) in [5.74, 6) is 1.13. The van der Waals surface area contributed by atoms with Crippen LogP contribution in [0.2, 0.25) is 0 Å². The molecule has 0 atom stereocenters. The number of ether oxygens (including phenoxy) is 2. The minimum atomic E-state index is -0.256. The van der Waals surface area contributed by atoms with E-state index in [9.17, 15) is 9.18 Å². The molecular weight excluding hydrogens is 297 g/mol. The van der Waals surface area contributed by atoms with Gasteiger partial charge in [0.25, 0.3) is 0 Å². The van der Waals surface area contributed by atoms with Gasteiger partial charge in [0.05, 0.1) is 20.1 Å². The maximum absolute atomic E-state index is 12.8. The van der Waals surface area contributed by atoms with Gasteiger partial charge in [-0.2, -0.15) is 0 Å². The number of amides is 1. The number of hydrogen-bond donors (Lipinski definition) is 1. The van der Waals surface area contributed by atoms with Crippen LogP contribution in [-0.2, 0) is 11.2 Å². The summed E-state index contributed by atoms with van der Waals surface area (Å²) in [6, 6.07) is 13.5. The van der Waals surface area contributed by atoms with Crippen LogP contribution in [0.3, 0.4) is 0 Å². The Morgan fingerprint density at radius 1 is 1.04 bits per heavy atom. The molecule has 0 bridgehead atoms. The number of carbonyl (C=O) groups excluding carboxylic acids is 1. The SMILES string of the molecule is COc1ccc(OCCC(=O)NCCc2ccc(F)cc2)cc1. The van der Waals surface area contributed by atoms with Crippen molar-refractivity contribution in [2.75, 3.05) is 20.3 Å². The van der Waals surface area contributed by atoms with Gasteiger partial charge >= 0.3 is 0 Å². The van der Waals surface area contributed by atoms with E-state index in [2.05, 4.69) is 5.32 Å². The molecule has 23 heavy (non-hydrogen) atoms. The Kier molecular flexibility index (Phi) is 6.41. The summed E-state index contributed by atoms with van der Waals surface area (Å²) in [5, 5.41) is 2.82. The zero-order valence-electron chi connectivity index (χ0n) is 13.0. The van der Waals surface area contributed by atoms with E-state index in [4.69, 9.17) is 9.47 Å². The molecule has 1 N–H and O–H groups in total. The quantitative estimate of drug-likeness (QED) is 0.814. The smallest absolute Gasteiger partial charge is 0.223 e. The Balaban J connectivity index is 1.62. The van der Waals surface area contributed by atoms with E-state index in [0.717, 1.165) is 11.3 Å². The van der Waals surface area contributed by atoms with Crippen molar-refractivity contribution in [1.82, 2.24) is 5.32 Å². The standard InChI is InChI=1S/C18H20FNO3/c1-22-16-6-8-17(9-7-16)23-13-11-18(21)20-12-10-14-2-4-15(19)5-3-14/h2-9H,10-13H2,1H3,(H,20,21). The predicted octanol–water partition coefficient (Wildman–Crippen LogP) is 2.96. The maximum Gasteiger partial charge on any atom is 0.223 e. The number of hydrogen-bond acceptors (Lipinski definition) is 3. The van der Waals surface area contributed by atoms with Gasteiger partial charge in [-0.1, -0.05) is 12.1 Å². The fourth-order valence-corrected chi connectivity index (χ4v) is 2.02. The zero-order valence-corrected chi connectivity index (χ0v) is 13.0. The van der Waals surface area contributed by atoms with Crippen molar-refractivity contribution >= 4 is 5.91 Å².